The molecule has 2 heterocycles. The normalized spacial score (nSPS) is 23.1. The van der Waals surface area contributed by atoms with Gasteiger partial charge in [0.2, 0.25) is 10.0 Å². The van der Waals surface area contributed by atoms with Crippen molar-refractivity contribution in [3.05, 3.63) is 24.0 Å². The first-order valence-corrected chi connectivity index (χ1v) is 7.92. The van der Waals surface area contributed by atoms with E-state index in [1.165, 1.54) is 18.4 Å². The predicted octanol–water partition coefficient (Wildman–Crippen LogP) is -0.349. The van der Waals surface area contributed by atoms with Gasteiger partial charge in [-0.2, -0.15) is 0 Å². The number of aromatic amines is 1. The molecular formula is C12H19N3O4S. The van der Waals surface area contributed by atoms with E-state index >= 15 is 0 Å². The molecule has 0 unspecified atom stereocenters. The smallest absolute Gasteiger partial charge is 0.253 e. The van der Waals surface area contributed by atoms with Crippen LogP contribution in [0.5, 0.6) is 0 Å². The molecule has 1 aliphatic heterocycles. The number of nitrogens with one attached hydrogen (secondary N) is 2. The van der Waals surface area contributed by atoms with Crippen molar-refractivity contribution in [3.63, 3.8) is 0 Å². The highest BCUT2D eigenvalue weighted by molar-refractivity contribution is 7.89. The Labute approximate surface area is 118 Å². The minimum atomic E-state index is -3.31. The molecule has 0 aliphatic carbocycles. The summed E-state index contributed by atoms with van der Waals surface area (Å²) in [5, 5.41) is 2.83. The fourth-order valence-electron chi connectivity index (χ4n) is 2.06. The topological polar surface area (TPSA) is 91.5 Å². The second-order valence-corrected chi connectivity index (χ2v) is 7.27. The van der Waals surface area contributed by atoms with Crippen molar-refractivity contribution in [2.45, 2.75) is 6.04 Å². The van der Waals surface area contributed by atoms with Crippen LogP contribution in [0.4, 0.5) is 0 Å². The van der Waals surface area contributed by atoms with Crippen LogP contribution in [0.3, 0.4) is 0 Å². The third-order valence-corrected chi connectivity index (χ3v) is 5.32. The van der Waals surface area contributed by atoms with Gasteiger partial charge in [-0.05, 0) is 6.07 Å². The molecule has 0 bridgehead atoms. The zero-order valence-corrected chi connectivity index (χ0v) is 12.3. The number of hydrogen-bond donors (Lipinski definition) is 2. The van der Waals surface area contributed by atoms with E-state index in [1.54, 1.807) is 18.5 Å². The zero-order chi connectivity index (χ0) is 14.8. The fourth-order valence-corrected chi connectivity index (χ4v) is 3.23. The number of carbonyl (C=O) groups excluding carboxylic acids is 1. The van der Waals surface area contributed by atoms with Gasteiger partial charge < -0.3 is 15.0 Å². The maximum absolute atomic E-state index is 12.0. The minimum Gasteiger partial charge on any atom is -0.379 e. The number of rotatable bonds is 5. The number of hydrogen-bond acceptors (Lipinski definition) is 4. The molecule has 1 amide bonds. The van der Waals surface area contributed by atoms with Crippen molar-refractivity contribution < 1.29 is 17.9 Å². The van der Waals surface area contributed by atoms with E-state index in [4.69, 9.17) is 4.74 Å². The molecule has 1 fully saturated rings. The number of carbonyl (C=O) groups is 1. The molecular weight excluding hydrogens is 282 g/mol. The summed E-state index contributed by atoms with van der Waals surface area (Å²) < 4.78 is 30.3. The molecule has 0 spiro atoms. The van der Waals surface area contributed by atoms with Gasteiger partial charge >= 0.3 is 0 Å². The number of nitrogens with zero attached hydrogens (tertiary/aromatic N) is 1. The van der Waals surface area contributed by atoms with E-state index in [-0.39, 0.29) is 23.6 Å². The first-order chi connectivity index (χ1) is 9.40. The summed E-state index contributed by atoms with van der Waals surface area (Å²) in [5.41, 5.74) is 0.520. The summed E-state index contributed by atoms with van der Waals surface area (Å²) in [4.78, 5) is 14.8. The number of aromatic nitrogens is 1. The average Bonchev–Trinajstić information content (AvgIpc) is 3.00. The van der Waals surface area contributed by atoms with Crippen molar-refractivity contribution in [3.8, 4) is 0 Å². The Kier molecular flexibility index (Phi) is 4.46. The third kappa shape index (κ3) is 3.38. The lowest BCUT2D eigenvalue weighted by Crippen LogP contribution is -2.43. The Morgan fingerprint density at radius 1 is 1.50 bits per heavy atom. The van der Waals surface area contributed by atoms with Crippen LogP contribution >= 0.6 is 0 Å². The van der Waals surface area contributed by atoms with Crippen molar-refractivity contribution in [2.24, 2.45) is 5.92 Å². The second-order valence-electron chi connectivity index (χ2n) is 5.04. The summed E-state index contributed by atoms with van der Waals surface area (Å²) in [6.45, 7) is 0.676. The largest absolute Gasteiger partial charge is 0.379 e. The Morgan fingerprint density at radius 2 is 2.25 bits per heavy atom. The summed E-state index contributed by atoms with van der Waals surface area (Å²) in [7, 11) is -0.311. The first-order valence-electron chi connectivity index (χ1n) is 6.32. The molecule has 1 aromatic rings. The van der Waals surface area contributed by atoms with Crippen LogP contribution in [-0.4, -0.2) is 62.7 Å². The highest BCUT2D eigenvalue weighted by Crippen LogP contribution is 2.17. The highest BCUT2D eigenvalue weighted by Gasteiger charge is 2.34. The third-order valence-electron chi connectivity index (χ3n) is 3.36. The average molecular weight is 301 g/mol. The fraction of sp³-hybridized carbons (Fsp3) is 0.583. The van der Waals surface area contributed by atoms with Crippen LogP contribution in [0.2, 0.25) is 0 Å². The van der Waals surface area contributed by atoms with Crippen LogP contribution in [-0.2, 0) is 14.8 Å². The minimum absolute atomic E-state index is 0.0297. The molecule has 0 aromatic carbocycles. The highest BCUT2D eigenvalue weighted by atomic mass is 32.2. The maximum atomic E-state index is 12.0. The summed E-state index contributed by atoms with van der Waals surface area (Å²) in [6.07, 6.45) is 3.25. The quantitative estimate of drug-likeness (QED) is 0.778. The molecule has 2 N–H and O–H groups in total. The molecule has 8 heteroatoms. The van der Waals surface area contributed by atoms with Gasteiger partial charge in [-0.25, -0.2) is 12.7 Å². The molecule has 2 rings (SSSR count). The van der Waals surface area contributed by atoms with Crippen molar-refractivity contribution in [1.82, 2.24) is 14.6 Å². The Hall–Kier alpha value is -1.38. The van der Waals surface area contributed by atoms with E-state index in [0.29, 0.717) is 18.8 Å². The van der Waals surface area contributed by atoms with Gasteiger partial charge in [-0.15, -0.1) is 0 Å². The van der Waals surface area contributed by atoms with Crippen LogP contribution < -0.4 is 5.32 Å². The lowest BCUT2D eigenvalue weighted by atomic mass is 10.1. The van der Waals surface area contributed by atoms with Crippen molar-refractivity contribution in [2.75, 3.05) is 33.1 Å². The lowest BCUT2D eigenvalue weighted by molar-refractivity contribution is 0.0926. The Morgan fingerprint density at radius 3 is 2.85 bits per heavy atom. The molecule has 0 radical (unpaired) electrons. The van der Waals surface area contributed by atoms with Crippen molar-refractivity contribution >= 4 is 15.9 Å². The van der Waals surface area contributed by atoms with Gasteiger partial charge in [0.1, 0.15) is 0 Å². The van der Waals surface area contributed by atoms with E-state index < -0.39 is 10.0 Å². The molecule has 112 valence electrons. The standard InChI is InChI=1S/C12H19N3O4S/c1-15(2)20(17,18)8-10-6-19-7-11(10)14-12(16)9-3-4-13-5-9/h3-5,10-11,13H,6-8H2,1-2H3,(H,14,16)/t10-,11-/m0/s1. The first kappa shape index (κ1) is 15.0. The van der Waals surface area contributed by atoms with Crippen LogP contribution in [0.15, 0.2) is 18.5 Å². The second kappa shape index (κ2) is 5.94. The number of amides is 1. The van der Waals surface area contributed by atoms with Gasteiger partial charge in [0, 0.05) is 32.4 Å². The van der Waals surface area contributed by atoms with Gasteiger partial charge in [0.15, 0.2) is 0 Å². The zero-order valence-electron chi connectivity index (χ0n) is 11.5. The van der Waals surface area contributed by atoms with Gasteiger partial charge in [0.05, 0.1) is 30.6 Å². The molecule has 2 atom stereocenters. The molecule has 1 aromatic heterocycles. The van der Waals surface area contributed by atoms with E-state index in [9.17, 15) is 13.2 Å². The molecule has 0 saturated carbocycles. The SMILES string of the molecule is CN(C)S(=O)(=O)C[C@@H]1COC[C@@H]1NC(=O)c1cc[nH]c1. The Balaban J connectivity index is 1.99. The summed E-state index contributed by atoms with van der Waals surface area (Å²) in [5.74, 6) is -0.489. The van der Waals surface area contributed by atoms with Gasteiger partial charge in [0.25, 0.3) is 5.91 Å². The molecule has 1 saturated heterocycles. The maximum Gasteiger partial charge on any atom is 0.253 e. The van der Waals surface area contributed by atoms with E-state index in [0.717, 1.165) is 0 Å². The van der Waals surface area contributed by atoms with E-state index in [2.05, 4.69) is 10.3 Å². The summed E-state index contributed by atoms with van der Waals surface area (Å²) in [6, 6.07) is 1.38. The molecule has 1 aliphatic rings. The molecule has 20 heavy (non-hydrogen) atoms. The van der Waals surface area contributed by atoms with Crippen LogP contribution in [0.25, 0.3) is 0 Å². The van der Waals surface area contributed by atoms with Crippen LogP contribution in [0.1, 0.15) is 10.4 Å². The summed E-state index contributed by atoms with van der Waals surface area (Å²) >= 11 is 0. The van der Waals surface area contributed by atoms with Gasteiger partial charge in [-0.1, -0.05) is 0 Å². The number of H-pyrrole nitrogens is 1. The monoisotopic (exact) mass is 301 g/mol. The lowest BCUT2D eigenvalue weighted by Gasteiger charge is -2.20. The molecule has 7 nitrogen and oxygen atoms in total. The Bertz CT molecular complexity index is 553. The van der Waals surface area contributed by atoms with E-state index in [1.807, 2.05) is 0 Å². The van der Waals surface area contributed by atoms with Crippen molar-refractivity contribution in [1.29, 1.82) is 0 Å². The predicted molar refractivity (Wildman–Crippen MR) is 73.8 cm³/mol. The number of sulfonamides is 1. The van der Waals surface area contributed by atoms with Gasteiger partial charge in [-0.3, -0.25) is 4.79 Å². The van der Waals surface area contributed by atoms with Crippen LogP contribution in [0, 0.1) is 5.92 Å². The number of ether oxygens (including phenoxy) is 1.